The number of hydrogen-bond donors (Lipinski definition) is 1. The summed E-state index contributed by atoms with van der Waals surface area (Å²) in [5.74, 6) is 0.692. The molecule has 0 saturated heterocycles. The Kier molecular flexibility index (Phi) is 4.22. The maximum absolute atomic E-state index is 6.33. The first kappa shape index (κ1) is 12.6. The molecule has 0 amide bonds. The molecule has 1 saturated carbocycles. The predicted molar refractivity (Wildman–Crippen MR) is 74.2 cm³/mol. The van der Waals surface area contributed by atoms with Gasteiger partial charge >= 0.3 is 0 Å². The zero-order valence-electron chi connectivity index (χ0n) is 11.2. The molecule has 1 nitrogen and oxygen atoms in total. The van der Waals surface area contributed by atoms with E-state index in [-0.39, 0.29) is 0 Å². The molecule has 0 spiro atoms. The number of hydrogen-bond acceptors (Lipinski definition) is 1. The molecule has 2 atom stereocenters. The van der Waals surface area contributed by atoms with Crippen molar-refractivity contribution in [2.24, 2.45) is 11.7 Å². The highest BCUT2D eigenvalue weighted by Crippen LogP contribution is 2.27. The van der Waals surface area contributed by atoms with Crippen LogP contribution in [0.1, 0.15) is 48.8 Å². The molecule has 0 heterocycles. The summed E-state index contributed by atoms with van der Waals surface area (Å²) in [5.41, 5.74) is 10.7. The van der Waals surface area contributed by atoms with Gasteiger partial charge in [-0.05, 0) is 55.7 Å². The molecule has 1 fully saturated rings. The number of aryl methyl sites for hydroxylation is 2. The van der Waals surface area contributed by atoms with Crippen molar-refractivity contribution in [3.05, 3.63) is 34.9 Å². The van der Waals surface area contributed by atoms with Gasteiger partial charge in [-0.3, -0.25) is 0 Å². The molecule has 0 aliphatic heterocycles. The fourth-order valence-corrected chi connectivity index (χ4v) is 3.10. The smallest absolute Gasteiger partial charge is 0.00703 e. The molecule has 1 aromatic rings. The van der Waals surface area contributed by atoms with E-state index in [9.17, 15) is 0 Å². The highest BCUT2D eigenvalue weighted by molar-refractivity contribution is 5.33. The average molecular weight is 231 g/mol. The van der Waals surface area contributed by atoms with Crippen LogP contribution in [0.5, 0.6) is 0 Å². The minimum Gasteiger partial charge on any atom is -0.327 e. The molecule has 0 radical (unpaired) electrons. The molecule has 1 heteroatoms. The molecule has 1 aliphatic rings. The Morgan fingerprint density at radius 2 is 1.71 bits per heavy atom. The Labute approximate surface area is 105 Å². The Balaban J connectivity index is 2.13. The van der Waals surface area contributed by atoms with Crippen molar-refractivity contribution >= 4 is 0 Å². The molecule has 1 aromatic carbocycles. The van der Waals surface area contributed by atoms with Gasteiger partial charge in [0.1, 0.15) is 0 Å². The van der Waals surface area contributed by atoms with Crippen LogP contribution < -0.4 is 5.73 Å². The molecule has 17 heavy (non-hydrogen) atoms. The maximum Gasteiger partial charge on any atom is 0.00703 e. The van der Waals surface area contributed by atoms with E-state index in [1.165, 1.54) is 55.2 Å². The number of nitrogens with two attached hydrogens (primary N) is 1. The van der Waals surface area contributed by atoms with Crippen LogP contribution in [0.25, 0.3) is 0 Å². The average Bonchev–Trinajstić information content (AvgIpc) is 2.49. The van der Waals surface area contributed by atoms with Gasteiger partial charge in [0.2, 0.25) is 0 Å². The standard InChI is InChI=1S/C16H25N/c1-12-7-6-8-13(2)15(12)11-14-9-4-3-5-10-16(14)17/h6-8,14,16H,3-5,9-11,17H2,1-2H3. The molecule has 1 aliphatic carbocycles. The van der Waals surface area contributed by atoms with Gasteiger partial charge in [-0.25, -0.2) is 0 Å². The zero-order valence-corrected chi connectivity index (χ0v) is 11.2. The van der Waals surface area contributed by atoms with Gasteiger partial charge in [-0.2, -0.15) is 0 Å². The van der Waals surface area contributed by atoms with Gasteiger partial charge in [0, 0.05) is 6.04 Å². The van der Waals surface area contributed by atoms with E-state index >= 15 is 0 Å². The lowest BCUT2D eigenvalue weighted by molar-refractivity contribution is 0.394. The summed E-state index contributed by atoms with van der Waals surface area (Å²) >= 11 is 0. The topological polar surface area (TPSA) is 26.0 Å². The Morgan fingerprint density at radius 1 is 1.06 bits per heavy atom. The van der Waals surface area contributed by atoms with Crippen LogP contribution in [0.3, 0.4) is 0 Å². The van der Waals surface area contributed by atoms with Gasteiger partial charge in [0.25, 0.3) is 0 Å². The van der Waals surface area contributed by atoms with Crippen molar-refractivity contribution in [2.75, 3.05) is 0 Å². The van der Waals surface area contributed by atoms with E-state index in [0.29, 0.717) is 12.0 Å². The minimum absolute atomic E-state index is 0.413. The van der Waals surface area contributed by atoms with Crippen molar-refractivity contribution in [2.45, 2.75) is 58.4 Å². The second-order valence-electron chi connectivity index (χ2n) is 5.64. The van der Waals surface area contributed by atoms with Crippen LogP contribution in [0, 0.1) is 19.8 Å². The highest BCUT2D eigenvalue weighted by Gasteiger charge is 2.21. The SMILES string of the molecule is Cc1cccc(C)c1CC1CCCCCC1N. The zero-order chi connectivity index (χ0) is 12.3. The van der Waals surface area contributed by atoms with Crippen LogP contribution in [0.15, 0.2) is 18.2 Å². The van der Waals surface area contributed by atoms with Crippen molar-refractivity contribution in [1.82, 2.24) is 0 Å². The number of rotatable bonds is 2. The molecule has 94 valence electrons. The molecule has 0 aromatic heterocycles. The third-order valence-corrected chi connectivity index (χ3v) is 4.33. The number of benzene rings is 1. The van der Waals surface area contributed by atoms with Gasteiger partial charge in [0.15, 0.2) is 0 Å². The normalized spacial score (nSPS) is 25.6. The summed E-state index contributed by atoms with van der Waals surface area (Å²) in [6.07, 6.45) is 7.77. The van der Waals surface area contributed by atoms with Crippen LogP contribution in [-0.2, 0) is 6.42 Å². The molecule has 2 N–H and O–H groups in total. The molecule has 0 bridgehead atoms. The lowest BCUT2D eigenvalue weighted by Crippen LogP contribution is -2.30. The lowest BCUT2D eigenvalue weighted by atomic mass is 9.86. The Hall–Kier alpha value is -0.820. The first-order valence-corrected chi connectivity index (χ1v) is 6.99. The predicted octanol–water partition coefficient (Wildman–Crippen LogP) is 3.75. The van der Waals surface area contributed by atoms with E-state index in [1.807, 2.05) is 0 Å². The monoisotopic (exact) mass is 231 g/mol. The van der Waals surface area contributed by atoms with E-state index < -0.39 is 0 Å². The molecular weight excluding hydrogens is 206 g/mol. The summed E-state index contributed by atoms with van der Waals surface area (Å²) in [5, 5.41) is 0. The quantitative estimate of drug-likeness (QED) is 0.771. The van der Waals surface area contributed by atoms with Crippen LogP contribution in [0.2, 0.25) is 0 Å². The van der Waals surface area contributed by atoms with Gasteiger partial charge in [-0.15, -0.1) is 0 Å². The molecular formula is C16H25N. The first-order valence-electron chi connectivity index (χ1n) is 6.99. The summed E-state index contributed by atoms with van der Waals surface area (Å²) < 4.78 is 0. The fraction of sp³-hybridized carbons (Fsp3) is 0.625. The van der Waals surface area contributed by atoms with Crippen LogP contribution in [-0.4, -0.2) is 6.04 Å². The van der Waals surface area contributed by atoms with Gasteiger partial charge < -0.3 is 5.73 Å². The van der Waals surface area contributed by atoms with E-state index in [1.54, 1.807) is 0 Å². The fourth-order valence-electron chi connectivity index (χ4n) is 3.10. The largest absolute Gasteiger partial charge is 0.327 e. The summed E-state index contributed by atoms with van der Waals surface area (Å²) in [6.45, 7) is 4.45. The third kappa shape index (κ3) is 3.10. The summed E-state index contributed by atoms with van der Waals surface area (Å²) in [7, 11) is 0. The highest BCUT2D eigenvalue weighted by atomic mass is 14.6. The van der Waals surface area contributed by atoms with E-state index in [0.717, 1.165) is 0 Å². The summed E-state index contributed by atoms with van der Waals surface area (Å²) in [4.78, 5) is 0. The minimum atomic E-state index is 0.413. The third-order valence-electron chi connectivity index (χ3n) is 4.33. The van der Waals surface area contributed by atoms with Crippen LogP contribution in [0.4, 0.5) is 0 Å². The van der Waals surface area contributed by atoms with Crippen molar-refractivity contribution in [1.29, 1.82) is 0 Å². The molecule has 2 unspecified atom stereocenters. The second kappa shape index (κ2) is 5.68. The lowest BCUT2D eigenvalue weighted by Gasteiger charge is -2.23. The van der Waals surface area contributed by atoms with Gasteiger partial charge in [0.05, 0.1) is 0 Å². The van der Waals surface area contributed by atoms with Crippen molar-refractivity contribution in [3.63, 3.8) is 0 Å². The Bertz CT molecular complexity index is 350. The Morgan fingerprint density at radius 3 is 2.41 bits per heavy atom. The van der Waals surface area contributed by atoms with Crippen molar-refractivity contribution < 1.29 is 0 Å². The second-order valence-corrected chi connectivity index (χ2v) is 5.64. The van der Waals surface area contributed by atoms with E-state index in [2.05, 4.69) is 32.0 Å². The van der Waals surface area contributed by atoms with Gasteiger partial charge in [-0.1, -0.05) is 37.5 Å². The maximum atomic E-state index is 6.33. The van der Waals surface area contributed by atoms with Crippen LogP contribution >= 0.6 is 0 Å². The molecule has 2 rings (SSSR count). The van der Waals surface area contributed by atoms with E-state index in [4.69, 9.17) is 5.73 Å². The summed E-state index contributed by atoms with van der Waals surface area (Å²) in [6, 6.07) is 7.02. The van der Waals surface area contributed by atoms with Crippen molar-refractivity contribution in [3.8, 4) is 0 Å². The first-order chi connectivity index (χ1) is 8.18.